The summed E-state index contributed by atoms with van der Waals surface area (Å²) in [5.74, 6) is -2.89. The Kier molecular flexibility index (Phi) is 6.97. The van der Waals surface area contributed by atoms with Crippen molar-refractivity contribution in [1.82, 2.24) is 25.4 Å². The number of halogens is 2. The Morgan fingerprint density at radius 1 is 1.26 bits per heavy atom. The molecule has 1 saturated heterocycles. The third kappa shape index (κ3) is 5.63. The van der Waals surface area contributed by atoms with Crippen LogP contribution >= 0.6 is 0 Å². The SMILES string of the molecule is CC/C=N\C=C(/N)NC(=O)c1n[nH]c2ccc(-c3cncc(CN4CCC(F)(F)CC4)c3)cc12. The zero-order valence-electron chi connectivity index (χ0n) is 18.9. The number of pyridine rings is 1. The van der Waals surface area contributed by atoms with Crippen LogP contribution in [-0.4, -0.2) is 51.2 Å². The summed E-state index contributed by atoms with van der Waals surface area (Å²) in [7, 11) is 0. The van der Waals surface area contributed by atoms with Gasteiger partial charge in [0, 0.05) is 62.0 Å². The molecular weight excluding hydrogens is 440 g/mol. The number of amides is 1. The molecule has 1 amide bonds. The minimum Gasteiger partial charge on any atom is -0.384 e. The number of nitrogens with two attached hydrogens (primary N) is 1. The van der Waals surface area contributed by atoms with Crippen LogP contribution in [0, 0.1) is 0 Å². The van der Waals surface area contributed by atoms with Crippen molar-refractivity contribution in [2.75, 3.05) is 13.1 Å². The van der Waals surface area contributed by atoms with Gasteiger partial charge in [0.1, 0.15) is 5.82 Å². The lowest BCUT2D eigenvalue weighted by Gasteiger charge is -2.31. The second-order valence-electron chi connectivity index (χ2n) is 8.32. The molecule has 0 bridgehead atoms. The molecule has 1 fully saturated rings. The number of nitrogens with one attached hydrogen (secondary N) is 2. The summed E-state index contributed by atoms with van der Waals surface area (Å²) in [5, 5.41) is 10.2. The second-order valence-corrected chi connectivity index (χ2v) is 8.32. The van der Waals surface area contributed by atoms with E-state index in [1.165, 1.54) is 6.20 Å². The standard InChI is InChI=1S/C24H27F2N7O/c1-2-7-28-14-21(27)30-23(34)22-19-11-17(3-4-20(19)31-32-22)18-10-16(12-29-13-18)15-33-8-5-24(25,26)6-9-33/h3-4,7,10-14H,2,5-6,8-9,15,27H2,1H3,(H,30,34)(H,31,32)/b21-14+,28-7-. The Labute approximate surface area is 196 Å². The molecule has 1 aliphatic rings. The second kappa shape index (κ2) is 10.1. The Morgan fingerprint density at radius 3 is 2.82 bits per heavy atom. The highest BCUT2D eigenvalue weighted by Gasteiger charge is 2.33. The number of alkyl halides is 2. The smallest absolute Gasteiger partial charge is 0.277 e. The Hall–Kier alpha value is -3.66. The van der Waals surface area contributed by atoms with Gasteiger partial charge in [-0.25, -0.2) is 8.78 Å². The number of aromatic amines is 1. The van der Waals surface area contributed by atoms with E-state index in [0.29, 0.717) is 30.5 Å². The molecule has 178 valence electrons. The lowest BCUT2D eigenvalue weighted by atomic mass is 10.0. The Morgan fingerprint density at radius 2 is 2.06 bits per heavy atom. The normalized spacial score (nSPS) is 16.9. The maximum Gasteiger partial charge on any atom is 0.277 e. The van der Waals surface area contributed by atoms with Crippen LogP contribution in [0.3, 0.4) is 0 Å². The van der Waals surface area contributed by atoms with E-state index in [1.807, 2.05) is 36.1 Å². The fourth-order valence-corrected chi connectivity index (χ4v) is 3.86. The third-order valence-corrected chi connectivity index (χ3v) is 5.66. The number of benzene rings is 1. The molecular formula is C24H27F2N7O. The van der Waals surface area contributed by atoms with Crippen LogP contribution in [0.2, 0.25) is 0 Å². The van der Waals surface area contributed by atoms with Crippen molar-refractivity contribution in [2.45, 2.75) is 38.7 Å². The van der Waals surface area contributed by atoms with Gasteiger partial charge in [0.05, 0.1) is 11.7 Å². The van der Waals surface area contributed by atoms with Gasteiger partial charge in [0.15, 0.2) is 5.69 Å². The fraction of sp³-hybridized carbons (Fsp3) is 0.333. The monoisotopic (exact) mass is 467 g/mol. The first-order valence-electron chi connectivity index (χ1n) is 11.2. The summed E-state index contributed by atoms with van der Waals surface area (Å²) in [4.78, 5) is 23.0. The molecule has 8 nitrogen and oxygen atoms in total. The van der Waals surface area contributed by atoms with E-state index < -0.39 is 11.8 Å². The Bertz CT molecular complexity index is 1230. The molecule has 34 heavy (non-hydrogen) atoms. The summed E-state index contributed by atoms with van der Waals surface area (Å²) in [5.41, 5.74) is 9.41. The molecule has 4 N–H and O–H groups in total. The van der Waals surface area contributed by atoms with Gasteiger partial charge in [-0.1, -0.05) is 13.0 Å². The predicted octanol–water partition coefficient (Wildman–Crippen LogP) is 3.82. The molecule has 3 heterocycles. The van der Waals surface area contributed by atoms with Crippen molar-refractivity contribution in [3.05, 3.63) is 59.9 Å². The van der Waals surface area contributed by atoms with Gasteiger partial charge in [-0.2, -0.15) is 5.10 Å². The molecule has 1 aromatic carbocycles. The van der Waals surface area contributed by atoms with E-state index in [1.54, 1.807) is 18.6 Å². The summed E-state index contributed by atoms with van der Waals surface area (Å²) < 4.78 is 26.9. The van der Waals surface area contributed by atoms with Crippen molar-refractivity contribution >= 4 is 23.0 Å². The first-order chi connectivity index (χ1) is 16.3. The minimum atomic E-state index is -2.57. The number of hydrogen-bond acceptors (Lipinski definition) is 6. The molecule has 0 saturated carbocycles. The molecule has 1 aliphatic heterocycles. The topological polar surface area (TPSA) is 112 Å². The molecule has 0 aliphatic carbocycles. The van der Waals surface area contributed by atoms with Crippen molar-refractivity contribution < 1.29 is 13.6 Å². The zero-order valence-corrected chi connectivity index (χ0v) is 18.9. The van der Waals surface area contributed by atoms with Gasteiger partial charge >= 0.3 is 0 Å². The lowest BCUT2D eigenvalue weighted by molar-refractivity contribution is -0.0566. The maximum absolute atomic E-state index is 13.4. The van der Waals surface area contributed by atoms with E-state index in [9.17, 15) is 13.6 Å². The van der Waals surface area contributed by atoms with Gasteiger partial charge in [0.2, 0.25) is 0 Å². The highest BCUT2D eigenvalue weighted by atomic mass is 19.3. The number of aromatic nitrogens is 3. The maximum atomic E-state index is 13.4. The van der Waals surface area contributed by atoms with Gasteiger partial charge in [-0.15, -0.1) is 0 Å². The number of rotatable bonds is 7. The quantitative estimate of drug-likeness (QED) is 0.457. The summed E-state index contributed by atoms with van der Waals surface area (Å²) in [6.45, 7) is 3.22. The number of hydrogen-bond donors (Lipinski definition) is 3. The van der Waals surface area contributed by atoms with Crippen LogP contribution in [-0.2, 0) is 6.54 Å². The molecule has 4 rings (SSSR count). The van der Waals surface area contributed by atoms with E-state index in [2.05, 4.69) is 25.5 Å². The summed E-state index contributed by atoms with van der Waals surface area (Å²) >= 11 is 0. The zero-order chi connectivity index (χ0) is 24.1. The molecule has 0 spiro atoms. The van der Waals surface area contributed by atoms with Crippen molar-refractivity contribution in [2.24, 2.45) is 10.7 Å². The van der Waals surface area contributed by atoms with E-state index in [-0.39, 0.29) is 24.4 Å². The Balaban J connectivity index is 1.53. The number of aliphatic imine (C=N–C) groups is 1. The van der Waals surface area contributed by atoms with Crippen LogP contribution < -0.4 is 11.1 Å². The number of carbonyl (C=O) groups excluding carboxylic acids is 1. The number of nitrogens with zero attached hydrogens (tertiary/aromatic N) is 4. The molecule has 2 aromatic heterocycles. The molecule has 0 radical (unpaired) electrons. The van der Waals surface area contributed by atoms with Crippen LogP contribution in [0.4, 0.5) is 8.78 Å². The van der Waals surface area contributed by atoms with E-state index >= 15 is 0 Å². The highest BCUT2D eigenvalue weighted by Crippen LogP contribution is 2.29. The van der Waals surface area contributed by atoms with Gasteiger partial charge in [-0.05, 0) is 35.7 Å². The first kappa shape index (κ1) is 23.5. The van der Waals surface area contributed by atoms with Crippen molar-refractivity contribution in [3.8, 4) is 11.1 Å². The number of piperidine rings is 1. The van der Waals surface area contributed by atoms with Gasteiger partial charge < -0.3 is 11.1 Å². The van der Waals surface area contributed by atoms with Crippen LogP contribution in [0.5, 0.6) is 0 Å². The van der Waals surface area contributed by atoms with Gasteiger partial charge in [-0.3, -0.25) is 24.8 Å². The summed E-state index contributed by atoms with van der Waals surface area (Å²) in [6.07, 6.45) is 7.07. The largest absolute Gasteiger partial charge is 0.384 e. The average Bonchev–Trinajstić information content (AvgIpc) is 3.24. The highest BCUT2D eigenvalue weighted by molar-refractivity contribution is 6.06. The van der Waals surface area contributed by atoms with E-state index in [4.69, 9.17) is 5.73 Å². The number of fused-ring (bicyclic) bond motifs is 1. The van der Waals surface area contributed by atoms with E-state index in [0.717, 1.165) is 23.1 Å². The molecule has 0 unspecified atom stereocenters. The predicted molar refractivity (Wildman–Crippen MR) is 127 cm³/mol. The average molecular weight is 468 g/mol. The van der Waals surface area contributed by atoms with Crippen molar-refractivity contribution in [3.63, 3.8) is 0 Å². The van der Waals surface area contributed by atoms with Crippen LogP contribution in [0.1, 0.15) is 42.2 Å². The first-order valence-corrected chi connectivity index (χ1v) is 11.2. The van der Waals surface area contributed by atoms with Crippen LogP contribution in [0.15, 0.2) is 53.7 Å². The van der Waals surface area contributed by atoms with Crippen LogP contribution in [0.25, 0.3) is 22.0 Å². The lowest BCUT2D eigenvalue weighted by Crippen LogP contribution is -2.38. The number of likely N-dealkylation sites (tertiary alicyclic amines) is 1. The minimum absolute atomic E-state index is 0.118. The number of carbonyl (C=O) groups is 1. The molecule has 10 heteroatoms. The third-order valence-electron chi connectivity index (χ3n) is 5.66. The fourth-order valence-electron chi connectivity index (χ4n) is 3.86. The molecule has 0 atom stereocenters. The molecule has 3 aromatic rings. The van der Waals surface area contributed by atoms with Gasteiger partial charge in [0.25, 0.3) is 11.8 Å². The number of H-pyrrole nitrogens is 1. The van der Waals surface area contributed by atoms with Crippen molar-refractivity contribution in [1.29, 1.82) is 0 Å². The summed E-state index contributed by atoms with van der Waals surface area (Å²) in [6, 6.07) is 7.62.